The number of aromatic nitrogens is 3. The van der Waals surface area contributed by atoms with Crippen molar-refractivity contribution in [1.29, 1.82) is 0 Å². The van der Waals surface area contributed by atoms with Crippen molar-refractivity contribution in [3.05, 3.63) is 114 Å². The fourth-order valence-electron chi connectivity index (χ4n) is 15.8. The molecule has 2 bridgehead atoms. The molecule has 2 saturated carbocycles. The lowest BCUT2D eigenvalue weighted by molar-refractivity contribution is -0.318. The van der Waals surface area contributed by atoms with Gasteiger partial charge in [0.25, 0.3) is 0 Å². The number of halogens is 1. The van der Waals surface area contributed by atoms with E-state index in [2.05, 4.69) is 75.9 Å². The van der Waals surface area contributed by atoms with Gasteiger partial charge in [0.15, 0.2) is 12.6 Å². The van der Waals surface area contributed by atoms with E-state index in [1.807, 2.05) is 68.9 Å². The van der Waals surface area contributed by atoms with Crippen LogP contribution in [0.3, 0.4) is 0 Å². The number of piperidine rings is 1. The van der Waals surface area contributed by atoms with Gasteiger partial charge in [0.05, 0.1) is 64.5 Å². The van der Waals surface area contributed by atoms with Crippen molar-refractivity contribution in [3.8, 4) is 0 Å². The zero-order chi connectivity index (χ0) is 64.9. The second-order valence-electron chi connectivity index (χ2n) is 27.9. The number of hydrogen-bond donors (Lipinski definition) is 5. The zero-order valence-corrected chi connectivity index (χ0v) is 55.1. The summed E-state index contributed by atoms with van der Waals surface area (Å²) in [5, 5.41) is 69.2. The van der Waals surface area contributed by atoms with Gasteiger partial charge in [0, 0.05) is 99.5 Å². The molecule has 24 atom stereocenters. The number of aliphatic hydroxyl groups excluding tert-OH is 3. The Labute approximate surface area is 531 Å². The largest absolute Gasteiger partial charge is 0.459 e. The van der Waals surface area contributed by atoms with Crippen molar-refractivity contribution in [2.75, 3.05) is 59.5 Å². The third-order valence-corrected chi connectivity index (χ3v) is 21.3. The van der Waals surface area contributed by atoms with Crippen LogP contribution in [0.25, 0.3) is 0 Å². The lowest BCUT2D eigenvalue weighted by Gasteiger charge is -2.49. The normalized spacial score (nSPS) is 39.8. The first-order valence-electron chi connectivity index (χ1n) is 32.6. The first-order valence-corrected chi connectivity index (χ1v) is 32.6. The molecule has 21 heteroatoms. The first-order chi connectivity index (χ1) is 42.7. The van der Waals surface area contributed by atoms with E-state index in [1.54, 1.807) is 54.8 Å². The number of esters is 1. The molecule has 0 radical (unpaired) electrons. The Balaban J connectivity index is 0.830. The summed E-state index contributed by atoms with van der Waals surface area (Å²) in [6.07, 6.45) is -8.04. The number of alkyl halides is 1. The molecule has 90 heavy (non-hydrogen) atoms. The number of cyclic esters (lactones) is 1. The molecule has 4 aromatic rings. The van der Waals surface area contributed by atoms with Crippen molar-refractivity contribution in [1.82, 2.24) is 24.8 Å². The fraction of sp³-hybridized carbons (Fsp3) is 0.681. The van der Waals surface area contributed by atoms with Crippen LogP contribution in [0.4, 0.5) is 10.1 Å². The minimum Gasteiger partial charge on any atom is -0.459 e. The van der Waals surface area contributed by atoms with Gasteiger partial charge >= 0.3 is 5.97 Å². The van der Waals surface area contributed by atoms with E-state index in [4.69, 9.17) is 38.2 Å². The van der Waals surface area contributed by atoms with Crippen molar-refractivity contribution in [3.63, 3.8) is 0 Å². The van der Waals surface area contributed by atoms with Gasteiger partial charge in [-0.05, 0) is 105 Å². The van der Waals surface area contributed by atoms with Crippen molar-refractivity contribution >= 4 is 17.4 Å². The predicted octanol–water partition coefficient (Wildman–Crippen LogP) is 6.73. The summed E-state index contributed by atoms with van der Waals surface area (Å²) >= 11 is 0. The predicted molar refractivity (Wildman–Crippen MR) is 337 cm³/mol. The summed E-state index contributed by atoms with van der Waals surface area (Å²) in [6.45, 7) is 18.5. The number of hydrogen-bond acceptors (Lipinski definition) is 19. The SMILES string of the molecule is CC[C@H]1OC(=O)[C@H](C)[C@@H](O[C@H]2C[C@@](C)(OC)[C@@H](O)[C@H](C)O2)[C@H](C)[C@@H](O[C@@H]2O[C@H](C)C[C@H](N(C)CCc3cn([C@H](CF)[C@H](OC)c4ccc(N5C[C@@H]6C7C5[C@]76N=C(c5ccccc5)c5ccccc5)cc4)nn3)[C@H]2O)[C@](C)(O)C[C@@H](C)CN(C)[C@H](C)[C@@H](O)[C@]1(C)O. The van der Waals surface area contributed by atoms with Crippen LogP contribution < -0.4 is 4.90 Å². The molecular weight excluding hydrogens is 1150 g/mol. The van der Waals surface area contributed by atoms with E-state index in [-0.39, 0.29) is 30.7 Å². The van der Waals surface area contributed by atoms with Crippen molar-refractivity contribution in [2.24, 2.45) is 34.6 Å². The number of nitrogens with zero attached hydrogens (tertiary/aromatic N) is 7. The van der Waals surface area contributed by atoms with Crippen molar-refractivity contribution in [2.45, 2.75) is 215 Å². The van der Waals surface area contributed by atoms with Crippen LogP contribution in [-0.4, -0.2) is 219 Å². The molecule has 2 aliphatic carbocycles. The Hall–Kier alpha value is -4.85. The molecule has 2 unspecified atom stereocenters. The lowest BCUT2D eigenvalue weighted by Crippen LogP contribution is -2.61. The molecule has 7 fully saturated rings. The van der Waals surface area contributed by atoms with Crippen LogP contribution in [0.15, 0.2) is 96.1 Å². The highest BCUT2D eigenvalue weighted by Crippen LogP contribution is 2.81. The van der Waals surface area contributed by atoms with Gasteiger partial charge in [0.2, 0.25) is 0 Å². The number of aliphatic hydroxyl groups is 5. The molecule has 20 nitrogen and oxygen atoms in total. The van der Waals surface area contributed by atoms with Gasteiger partial charge in [0.1, 0.15) is 48.8 Å². The van der Waals surface area contributed by atoms with E-state index in [9.17, 15) is 30.3 Å². The standard InChI is InChI=1S/C69H100FN7O13/c1-15-53-68(10,83)61(79)43(6)75(12)36-39(2)33-66(8,82)63(41(4)58(42(5)64(81)88-53)89-54-34-67(9,85-14)62(80)44(7)87-54)90-65-57(78)51(32-40(3)86-65)74(11)31-30-48-37-77(73-72-48)52(35-70)59(84-13)47-26-28-49(29-27-47)76-38-50-55-60(76)69(50,55)71-56(45-22-18-16-19-23-45)46-24-20-17-21-25-46/h16-29,37,39-44,50-55,57-63,65,78-80,82-83H,15,30-36,38H2,1-14H3/t39-,40-,41+,42-,43-,44+,50-,51+,52-,53-,54+,55?,57-,58+,59-,60?,61-,62+,63-,65+,66-,67-,68-,69-/m1/s1. The van der Waals surface area contributed by atoms with Gasteiger partial charge < -0.3 is 73.4 Å². The Morgan fingerprint density at radius 1 is 0.878 bits per heavy atom. The number of anilines is 1. The van der Waals surface area contributed by atoms with Crippen molar-refractivity contribution < 1.29 is 67.9 Å². The molecule has 11 rings (SSSR count). The molecule has 5 saturated heterocycles. The Kier molecular flexibility index (Phi) is 20.6. The van der Waals surface area contributed by atoms with Crippen LogP contribution in [-0.2, 0) is 44.4 Å². The maximum absolute atomic E-state index is 15.3. The van der Waals surface area contributed by atoms with E-state index in [0.717, 1.165) is 34.6 Å². The highest BCUT2D eigenvalue weighted by atomic mass is 19.1. The summed E-state index contributed by atoms with van der Waals surface area (Å²) in [5.41, 5.74) is 1.11. The maximum atomic E-state index is 15.3. The Morgan fingerprint density at radius 3 is 2.13 bits per heavy atom. The lowest BCUT2D eigenvalue weighted by atomic mass is 9.77. The molecule has 7 aliphatic rings. The van der Waals surface area contributed by atoms with E-state index in [1.165, 1.54) is 18.7 Å². The van der Waals surface area contributed by atoms with E-state index in [0.29, 0.717) is 49.5 Å². The Bertz CT molecular complexity index is 3010. The van der Waals surface area contributed by atoms with Gasteiger partial charge in [-0.2, -0.15) is 0 Å². The minimum absolute atomic E-state index is 0.0787. The fourth-order valence-corrected chi connectivity index (χ4v) is 15.8. The summed E-state index contributed by atoms with van der Waals surface area (Å²) in [4.78, 5) is 26.6. The van der Waals surface area contributed by atoms with Gasteiger partial charge in [-0.3, -0.25) is 9.79 Å². The second kappa shape index (κ2) is 27.2. The molecular formula is C69H100FN7O13. The van der Waals surface area contributed by atoms with Gasteiger partial charge in [-0.25, -0.2) is 9.07 Å². The zero-order valence-electron chi connectivity index (χ0n) is 55.1. The first kappa shape index (κ1) is 68.0. The van der Waals surface area contributed by atoms with Crippen LogP contribution in [0.2, 0.25) is 0 Å². The highest BCUT2D eigenvalue weighted by molar-refractivity contribution is 6.13. The van der Waals surface area contributed by atoms with Crippen LogP contribution in [0.1, 0.15) is 129 Å². The topological polar surface area (TPSA) is 236 Å². The highest BCUT2D eigenvalue weighted by Gasteiger charge is 2.93. The molecule has 0 spiro atoms. The quantitative estimate of drug-likeness (QED) is 0.0484. The van der Waals surface area contributed by atoms with Crippen LogP contribution in [0, 0.1) is 29.6 Å². The number of carbonyl (C=O) groups excluding carboxylic acids is 1. The number of likely N-dealkylation sites (N-methyl/N-ethyl adjacent to an activating group) is 2. The summed E-state index contributed by atoms with van der Waals surface area (Å²) in [5.74, 6) is -1.86. The summed E-state index contributed by atoms with van der Waals surface area (Å²) in [7, 11) is 6.82. The number of rotatable bonds is 19. The molecule has 6 heterocycles. The average Bonchev–Trinajstić information content (AvgIpc) is 1.42. The number of methoxy groups -OCH3 is 2. The Morgan fingerprint density at radius 2 is 1.53 bits per heavy atom. The maximum Gasteiger partial charge on any atom is 0.311 e. The second-order valence-corrected chi connectivity index (χ2v) is 27.9. The number of benzene rings is 3. The molecule has 1 aromatic heterocycles. The van der Waals surface area contributed by atoms with Gasteiger partial charge in [-0.15, -0.1) is 5.10 Å². The third kappa shape index (κ3) is 13.3. The summed E-state index contributed by atoms with van der Waals surface area (Å²) < 4.78 is 61.5. The van der Waals surface area contributed by atoms with E-state index >= 15 is 4.39 Å². The number of ether oxygens (including phenoxy) is 7. The number of carbonyl (C=O) groups is 1. The smallest absolute Gasteiger partial charge is 0.311 e. The van der Waals surface area contributed by atoms with Gasteiger partial charge in [-0.1, -0.05) is 98.8 Å². The van der Waals surface area contributed by atoms with E-state index < -0.39 is 127 Å². The van der Waals surface area contributed by atoms with Crippen LogP contribution >= 0.6 is 0 Å². The molecule has 0 amide bonds. The molecule has 5 aliphatic heterocycles. The number of aliphatic imine (C=N–C) groups is 1. The number of fused-ring (bicyclic) bond motifs is 1. The molecule has 496 valence electrons. The summed E-state index contributed by atoms with van der Waals surface area (Å²) in [6, 6.07) is 27.5. The monoisotopic (exact) mass is 1250 g/mol. The minimum atomic E-state index is -1.86. The van der Waals surface area contributed by atoms with Crippen LogP contribution in [0.5, 0.6) is 0 Å². The average molecular weight is 1250 g/mol. The molecule has 3 aromatic carbocycles. The molecule has 5 N–H and O–H groups in total. The third-order valence-electron chi connectivity index (χ3n) is 21.3.